The van der Waals surface area contributed by atoms with Gasteiger partial charge >= 0.3 is 0 Å². The second-order valence-electron chi connectivity index (χ2n) is 5.51. The minimum Gasteiger partial charge on any atom is -0.385 e. The van der Waals surface area contributed by atoms with E-state index in [0.29, 0.717) is 13.0 Å². The lowest BCUT2D eigenvalue weighted by atomic mass is 10.2. The second-order valence-corrected chi connectivity index (χ2v) is 5.51. The molecule has 0 radical (unpaired) electrons. The lowest BCUT2D eigenvalue weighted by Gasteiger charge is -2.29. The minimum absolute atomic E-state index is 0.210. The Labute approximate surface area is 103 Å². The number of carbonyl (C=O) groups is 1. The van der Waals surface area contributed by atoms with Crippen LogP contribution in [-0.2, 0) is 4.79 Å². The van der Waals surface area contributed by atoms with E-state index in [1.807, 2.05) is 4.90 Å². The number of likely N-dealkylation sites (N-methyl/N-ethyl adjacent to an activating group) is 1. The molecule has 2 saturated heterocycles. The molecule has 3 N–H and O–H groups in total. The molecular weight excluding hydrogens is 218 g/mol. The number of aliphatic hydroxyl groups is 1. The van der Waals surface area contributed by atoms with Crippen LogP contribution in [0.5, 0.6) is 0 Å². The highest BCUT2D eigenvalue weighted by atomic mass is 16.3. The maximum absolute atomic E-state index is 11.4. The maximum Gasteiger partial charge on any atom is 0.222 e. The largest absolute Gasteiger partial charge is 0.385 e. The van der Waals surface area contributed by atoms with E-state index in [1.54, 1.807) is 4.90 Å². The van der Waals surface area contributed by atoms with Crippen LogP contribution in [0.2, 0.25) is 0 Å². The molecule has 2 heterocycles. The van der Waals surface area contributed by atoms with E-state index in [0.717, 1.165) is 32.6 Å². The van der Waals surface area contributed by atoms with Gasteiger partial charge in [-0.25, -0.2) is 0 Å². The van der Waals surface area contributed by atoms with Gasteiger partial charge in [0.2, 0.25) is 5.91 Å². The summed E-state index contributed by atoms with van der Waals surface area (Å²) in [6.07, 6.45) is 1.26. The third-order valence-corrected chi connectivity index (χ3v) is 3.94. The number of hydrogen-bond donors (Lipinski definition) is 3. The average molecular weight is 243 g/mol. The number of quaternary nitrogens is 2. The highest BCUT2D eigenvalue weighted by Crippen LogP contribution is 2.09. The Balaban J connectivity index is 1.69. The van der Waals surface area contributed by atoms with Gasteiger partial charge in [-0.1, -0.05) is 0 Å². The molecule has 2 aliphatic heterocycles. The molecule has 2 aliphatic rings. The van der Waals surface area contributed by atoms with E-state index in [9.17, 15) is 9.90 Å². The number of piperazine rings is 1. The first kappa shape index (κ1) is 12.8. The molecule has 1 amide bonds. The SMILES string of the molecule is C[NH+]1CC[NH+](C[C@H](O)CN2CCCC2=O)CC1. The molecule has 0 aromatic carbocycles. The monoisotopic (exact) mass is 243 g/mol. The second kappa shape index (κ2) is 5.80. The van der Waals surface area contributed by atoms with Crippen LogP contribution in [0.1, 0.15) is 12.8 Å². The fraction of sp³-hybridized carbons (Fsp3) is 0.917. The van der Waals surface area contributed by atoms with E-state index in [4.69, 9.17) is 0 Å². The van der Waals surface area contributed by atoms with Gasteiger partial charge in [0, 0.05) is 13.0 Å². The summed E-state index contributed by atoms with van der Waals surface area (Å²) in [5.41, 5.74) is 0. The zero-order valence-electron chi connectivity index (χ0n) is 10.7. The van der Waals surface area contributed by atoms with E-state index in [2.05, 4.69) is 7.05 Å². The van der Waals surface area contributed by atoms with Gasteiger partial charge in [0.05, 0.1) is 13.6 Å². The third-order valence-electron chi connectivity index (χ3n) is 3.94. The Hall–Kier alpha value is -0.650. The van der Waals surface area contributed by atoms with Gasteiger partial charge in [-0.05, 0) is 6.42 Å². The molecule has 0 unspecified atom stereocenters. The highest BCUT2D eigenvalue weighted by molar-refractivity contribution is 5.78. The van der Waals surface area contributed by atoms with Gasteiger partial charge in [-0.2, -0.15) is 0 Å². The van der Waals surface area contributed by atoms with Crippen LogP contribution in [-0.4, -0.2) is 74.9 Å². The lowest BCUT2D eigenvalue weighted by molar-refractivity contribution is -1.00. The van der Waals surface area contributed by atoms with Crippen molar-refractivity contribution in [1.29, 1.82) is 0 Å². The number of nitrogens with one attached hydrogen (secondary N) is 2. The summed E-state index contributed by atoms with van der Waals surface area (Å²) in [6, 6.07) is 0. The normalized spacial score (nSPS) is 31.9. The van der Waals surface area contributed by atoms with Crippen molar-refractivity contribution in [3.05, 3.63) is 0 Å². The number of likely N-dealkylation sites (tertiary alicyclic amines) is 1. The molecule has 0 spiro atoms. The Morgan fingerprint density at radius 3 is 2.65 bits per heavy atom. The fourth-order valence-electron chi connectivity index (χ4n) is 2.78. The number of aliphatic hydroxyl groups excluding tert-OH is 1. The average Bonchev–Trinajstić information content (AvgIpc) is 2.68. The van der Waals surface area contributed by atoms with E-state index >= 15 is 0 Å². The molecule has 1 atom stereocenters. The van der Waals surface area contributed by atoms with Crippen molar-refractivity contribution in [2.75, 3.05) is 52.9 Å². The predicted molar refractivity (Wildman–Crippen MR) is 64.0 cm³/mol. The zero-order valence-corrected chi connectivity index (χ0v) is 10.7. The Morgan fingerprint density at radius 2 is 2.06 bits per heavy atom. The number of hydrogen-bond acceptors (Lipinski definition) is 2. The predicted octanol–water partition coefficient (Wildman–Crippen LogP) is -3.62. The van der Waals surface area contributed by atoms with Gasteiger partial charge in [0.1, 0.15) is 38.8 Å². The van der Waals surface area contributed by atoms with Crippen molar-refractivity contribution < 1.29 is 19.7 Å². The van der Waals surface area contributed by atoms with Gasteiger partial charge in [-0.15, -0.1) is 0 Å². The van der Waals surface area contributed by atoms with E-state index in [-0.39, 0.29) is 12.0 Å². The zero-order chi connectivity index (χ0) is 12.3. The van der Waals surface area contributed by atoms with Crippen molar-refractivity contribution in [1.82, 2.24) is 4.90 Å². The van der Waals surface area contributed by atoms with Gasteiger partial charge in [-0.3, -0.25) is 4.79 Å². The number of rotatable bonds is 4. The van der Waals surface area contributed by atoms with Crippen LogP contribution in [0, 0.1) is 0 Å². The summed E-state index contributed by atoms with van der Waals surface area (Å²) in [7, 11) is 2.22. The molecule has 5 heteroatoms. The molecule has 5 nitrogen and oxygen atoms in total. The van der Waals surface area contributed by atoms with Crippen molar-refractivity contribution in [2.24, 2.45) is 0 Å². The topological polar surface area (TPSA) is 49.4 Å². The summed E-state index contributed by atoms with van der Waals surface area (Å²) < 4.78 is 0. The van der Waals surface area contributed by atoms with E-state index in [1.165, 1.54) is 18.0 Å². The fourth-order valence-corrected chi connectivity index (χ4v) is 2.78. The molecule has 0 bridgehead atoms. The Kier molecular flexibility index (Phi) is 4.36. The van der Waals surface area contributed by atoms with Gasteiger partial charge < -0.3 is 19.8 Å². The summed E-state index contributed by atoms with van der Waals surface area (Å²) in [6.45, 7) is 6.79. The molecular formula is C12H25N3O2+2. The van der Waals surface area contributed by atoms with Crippen molar-refractivity contribution in [3.8, 4) is 0 Å². The summed E-state index contributed by atoms with van der Waals surface area (Å²) in [5, 5.41) is 10.0. The molecule has 0 saturated carbocycles. The molecule has 17 heavy (non-hydrogen) atoms. The van der Waals surface area contributed by atoms with Crippen LogP contribution >= 0.6 is 0 Å². The third kappa shape index (κ3) is 3.66. The van der Waals surface area contributed by atoms with E-state index < -0.39 is 0 Å². The van der Waals surface area contributed by atoms with Crippen molar-refractivity contribution in [3.63, 3.8) is 0 Å². The Bertz CT molecular complexity index is 264. The standard InChI is InChI=1S/C12H23N3O2/c1-13-5-7-14(8-6-13)9-11(16)10-15-4-2-3-12(15)17/h11,16H,2-10H2,1H3/p+2/t11-/m0/s1. The summed E-state index contributed by atoms with van der Waals surface area (Å²) >= 11 is 0. The van der Waals surface area contributed by atoms with Crippen LogP contribution in [0.3, 0.4) is 0 Å². The first-order valence-electron chi connectivity index (χ1n) is 6.76. The van der Waals surface area contributed by atoms with Crippen molar-refractivity contribution >= 4 is 5.91 Å². The quantitative estimate of drug-likeness (QED) is 0.477. The number of nitrogens with zero attached hydrogens (tertiary/aromatic N) is 1. The molecule has 0 aromatic heterocycles. The van der Waals surface area contributed by atoms with Gasteiger partial charge in [0.15, 0.2) is 0 Å². The first-order valence-corrected chi connectivity index (χ1v) is 6.76. The highest BCUT2D eigenvalue weighted by Gasteiger charge is 2.26. The number of carbonyl (C=O) groups excluding carboxylic acids is 1. The van der Waals surface area contributed by atoms with Crippen LogP contribution in [0.4, 0.5) is 0 Å². The van der Waals surface area contributed by atoms with Gasteiger partial charge in [0.25, 0.3) is 0 Å². The smallest absolute Gasteiger partial charge is 0.222 e. The van der Waals surface area contributed by atoms with Crippen molar-refractivity contribution in [2.45, 2.75) is 18.9 Å². The molecule has 0 aliphatic carbocycles. The molecule has 2 fully saturated rings. The summed E-state index contributed by atoms with van der Waals surface area (Å²) in [5.74, 6) is 0.210. The molecule has 2 rings (SSSR count). The lowest BCUT2D eigenvalue weighted by Crippen LogP contribution is -3.27. The number of amides is 1. The van der Waals surface area contributed by atoms with Crippen LogP contribution in [0.25, 0.3) is 0 Å². The first-order chi connectivity index (χ1) is 8.15. The molecule has 0 aromatic rings. The van der Waals surface area contributed by atoms with Crippen LogP contribution in [0.15, 0.2) is 0 Å². The maximum atomic E-state index is 11.4. The minimum atomic E-state index is -0.356. The number of β-amino-alcohol motifs (C(OH)–C–C–N with tert-alkyl or cyclic N) is 1. The molecule has 98 valence electrons. The Morgan fingerprint density at radius 1 is 1.35 bits per heavy atom. The van der Waals surface area contributed by atoms with Crippen LogP contribution < -0.4 is 9.80 Å². The summed E-state index contributed by atoms with van der Waals surface area (Å²) in [4.78, 5) is 16.3.